The van der Waals surface area contributed by atoms with Crippen molar-refractivity contribution in [2.45, 2.75) is 0 Å². The fourth-order valence-corrected chi connectivity index (χ4v) is 1.68. The van der Waals surface area contributed by atoms with Crippen LogP contribution in [0.3, 0.4) is 0 Å². The molecular formula is C16H13NO5. The first kappa shape index (κ1) is 15.2. The second kappa shape index (κ2) is 7.03. The van der Waals surface area contributed by atoms with Crippen molar-refractivity contribution in [1.82, 2.24) is 5.32 Å². The number of carbonyl (C=O) groups is 3. The van der Waals surface area contributed by atoms with Crippen LogP contribution in [0.15, 0.2) is 54.6 Å². The predicted octanol–water partition coefficient (Wildman–Crippen LogP) is 1.51. The summed E-state index contributed by atoms with van der Waals surface area (Å²) in [6.07, 6.45) is 0. The number of carbonyl (C=O) groups excluding carboxylic acids is 3. The van der Waals surface area contributed by atoms with Crippen molar-refractivity contribution < 1.29 is 24.2 Å². The highest BCUT2D eigenvalue weighted by molar-refractivity contribution is 6.05. The minimum atomic E-state index is -0.847. The second-order valence-corrected chi connectivity index (χ2v) is 4.34. The van der Waals surface area contributed by atoms with E-state index in [0.29, 0.717) is 5.56 Å². The van der Waals surface area contributed by atoms with Gasteiger partial charge in [0, 0.05) is 5.56 Å². The lowest BCUT2D eigenvalue weighted by molar-refractivity contribution is -0.123. The quantitative estimate of drug-likeness (QED) is 0.835. The largest absolute Gasteiger partial charge is 0.507 e. The van der Waals surface area contributed by atoms with E-state index >= 15 is 0 Å². The maximum absolute atomic E-state index is 11.7. The van der Waals surface area contributed by atoms with Gasteiger partial charge < -0.3 is 9.84 Å². The van der Waals surface area contributed by atoms with E-state index in [9.17, 15) is 19.5 Å². The van der Waals surface area contributed by atoms with Crippen molar-refractivity contribution >= 4 is 17.8 Å². The van der Waals surface area contributed by atoms with Gasteiger partial charge >= 0.3 is 5.97 Å². The Morgan fingerprint density at radius 1 is 0.955 bits per heavy atom. The summed E-state index contributed by atoms with van der Waals surface area (Å²) in [6, 6.07) is 14.0. The van der Waals surface area contributed by atoms with E-state index in [1.165, 1.54) is 12.1 Å². The molecule has 6 nitrogen and oxygen atoms in total. The van der Waals surface area contributed by atoms with Crippen molar-refractivity contribution in [3.05, 3.63) is 65.7 Å². The van der Waals surface area contributed by atoms with E-state index in [-0.39, 0.29) is 11.3 Å². The van der Waals surface area contributed by atoms with Crippen LogP contribution in [-0.2, 0) is 9.53 Å². The highest BCUT2D eigenvalue weighted by atomic mass is 16.5. The molecule has 112 valence electrons. The van der Waals surface area contributed by atoms with E-state index in [1.807, 2.05) is 0 Å². The molecule has 0 saturated carbocycles. The average Bonchev–Trinajstić information content (AvgIpc) is 2.54. The summed E-state index contributed by atoms with van der Waals surface area (Å²) in [5.41, 5.74) is 0.271. The third kappa shape index (κ3) is 3.92. The number of phenols is 1. The van der Waals surface area contributed by atoms with Crippen LogP contribution in [0.1, 0.15) is 20.7 Å². The van der Waals surface area contributed by atoms with Gasteiger partial charge in [-0.2, -0.15) is 0 Å². The van der Waals surface area contributed by atoms with Gasteiger partial charge in [0.2, 0.25) is 0 Å². The Kier molecular flexibility index (Phi) is 4.87. The molecule has 2 rings (SSSR count). The summed E-state index contributed by atoms with van der Waals surface area (Å²) in [7, 11) is 0. The first-order valence-corrected chi connectivity index (χ1v) is 6.42. The number of hydrogen-bond donors (Lipinski definition) is 2. The zero-order chi connectivity index (χ0) is 15.9. The maximum atomic E-state index is 11.7. The fraction of sp³-hybridized carbons (Fsp3) is 0.0625. The molecule has 0 fully saturated rings. The lowest BCUT2D eigenvalue weighted by Crippen LogP contribution is -2.34. The Bertz CT molecular complexity index is 697. The van der Waals surface area contributed by atoms with Crippen molar-refractivity contribution in [2.24, 2.45) is 0 Å². The molecular weight excluding hydrogens is 286 g/mol. The topological polar surface area (TPSA) is 92.7 Å². The maximum Gasteiger partial charge on any atom is 0.342 e. The van der Waals surface area contributed by atoms with Crippen LogP contribution in [-0.4, -0.2) is 29.5 Å². The summed E-state index contributed by atoms with van der Waals surface area (Å²) in [6.45, 7) is -0.619. The number of ether oxygens (including phenoxy) is 1. The van der Waals surface area contributed by atoms with Crippen LogP contribution in [0, 0.1) is 0 Å². The summed E-state index contributed by atoms with van der Waals surface area (Å²) in [4.78, 5) is 35.0. The van der Waals surface area contributed by atoms with Crippen LogP contribution in [0.25, 0.3) is 0 Å². The molecule has 0 unspecified atom stereocenters. The van der Waals surface area contributed by atoms with Gasteiger partial charge in [-0.1, -0.05) is 30.3 Å². The van der Waals surface area contributed by atoms with Gasteiger partial charge in [0.05, 0.1) is 0 Å². The molecule has 2 amide bonds. The standard InChI is InChI=1S/C16H13NO5/c18-13-9-5-4-8-12(13)16(21)22-10-14(19)17-15(20)11-6-2-1-3-7-11/h1-9,18H,10H2,(H,17,19,20). The summed E-state index contributed by atoms with van der Waals surface area (Å²) in [5, 5.41) is 11.6. The SMILES string of the molecule is O=C(COC(=O)c1ccccc1O)NC(=O)c1ccccc1. The lowest BCUT2D eigenvalue weighted by atomic mass is 10.2. The molecule has 2 N–H and O–H groups in total. The first-order valence-electron chi connectivity index (χ1n) is 6.42. The van der Waals surface area contributed by atoms with E-state index in [4.69, 9.17) is 4.74 Å². The normalized spacial score (nSPS) is 9.82. The van der Waals surface area contributed by atoms with Crippen LogP contribution in [0.5, 0.6) is 5.75 Å². The molecule has 0 bridgehead atoms. The van der Waals surface area contributed by atoms with Crippen molar-refractivity contribution in [3.8, 4) is 5.75 Å². The Balaban J connectivity index is 1.87. The van der Waals surface area contributed by atoms with E-state index < -0.39 is 24.4 Å². The first-order chi connectivity index (χ1) is 10.6. The number of para-hydroxylation sites is 1. The molecule has 0 atom stereocenters. The zero-order valence-electron chi connectivity index (χ0n) is 11.5. The number of hydrogen-bond acceptors (Lipinski definition) is 5. The predicted molar refractivity (Wildman–Crippen MR) is 77.3 cm³/mol. The molecule has 0 spiro atoms. The molecule has 6 heteroatoms. The molecule has 2 aromatic rings. The van der Waals surface area contributed by atoms with E-state index in [1.54, 1.807) is 42.5 Å². The number of nitrogens with one attached hydrogen (secondary N) is 1. The molecule has 0 radical (unpaired) electrons. The van der Waals surface area contributed by atoms with Crippen LogP contribution in [0.4, 0.5) is 0 Å². The highest BCUT2D eigenvalue weighted by Crippen LogP contribution is 2.16. The summed E-state index contributed by atoms with van der Waals surface area (Å²) in [5.74, 6) is -2.42. The van der Waals surface area contributed by atoms with Gasteiger partial charge in [-0.25, -0.2) is 4.79 Å². The molecule has 22 heavy (non-hydrogen) atoms. The number of esters is 1. The molecule has 0 heterocycles. The van der Waals surface area contributed by atoms with Gasteiger partial charge in [-0.3, -0.25) is 14.9 Å². The fourth-order valence-electron chi connectivity index (χ4n) is 1.68. The monoisotopic (exact) mass is 299 g/mol. The van der Waals surface area contributed by atoms with Crippen molar-refractivity contribution in [3.63, 3.8) is 0 Å². The van der Waals surface area contributed by atoms with E-state index in [0.717, 1.165) is 0 Å². The van der Waals surface area contributed by atoms with E-state index in [2.05, 4.69) is 5.32 Å². The lowest BCUT2D eigenvalue weighted by Gasteiger charge is -2.06. The minimum absolute atomic E-state index is 0.0512. The summed E-state index contributed by atoms with van der Waals surface area (Å²) < 4.78 is 4.74. The van der Waals surface area contributed by atoms with Crippen LogP contribution >= 0.6 is 0 Å². The molecule has 0 aliphatic carbocycles. The Morgan fingerprint density at radius 2 is 1.59 bits per heavy atom. The van der Waals surface area contributed by atoms with Crippen LogP contribution in [0.2, 0.25) is 0 Å². The van der Waals surface area contributed by atoms with Gasteiger partial charge in [-0.05, 0) is 24.3 Å². The zero-order valence-corrected chi connectivity index (χ0v) is 11.5. The average molecular weight is 299 g/mol. The highest BCUT2D eigenvalue weighted by Gasteiger charge is 2.15. The smallest absolute Gasteiger partial charge is 0.342 e. The molecule has 0 saturated heterocycles. The molecule has 0 aliphatic rings. The molecule has 0 aliphatic heterocycles. The summed E-state index contributed by atoms with van der Waals surface area (Å²) >= 11 is 0. The Labute approximate surface area is 126 Å². The molecule has 0 aromatic heterocycles. The number of amides is 2. The third-order valence-corrected chi connectivity index (χ3v) is 2.75. The third-order valence-electron chi connectivity index (χ3n) is 2.75. The Morgan fingerprint density at radius 3 is 2.27 bits per heavy atom. The van der Waals surface area contributed by atoms with Gasteiger partial charge in [-0.15, -0.1) is 0 Å². The number of benzene rings is 2. The second-order valence-electron chi connectivity index (χ2n) is 4.34. The number of rotatable bonds is 4. The number of phenolic OH excluding ortho intramolecular Hbond substituents is 1. The van der Waals surface area contributed by atoms with Gasteiger partial charge in [0.25, 0.3) is 11.8 Å². The van der Waals surface area contributed by atoms with Crippen molar-refractivity contribution in [1.29, 1.82) is 0 Å². The molecule has 2 aromatic carbocycles. The Hall–Kier alpha value is -3.15. The van der Waals surface area contributed by atoms with Crippen LogP contribution < -0.4 is 5.32 Å². The van der Waals surface area contributed by atoms with Gasteiger partial charge in [0.15, 0.2) is 6.61 Å². The van der Waals surface area contributed by atoms with Crippen molar-refractivity contribution in [2.75, 3.05) is 6.61 Å². The number of imide groups is 1. The minimum Gasteiger partial charge on any atom is -0.507 e. The number of aromatic hydroxyl groups is 1. The van der Waals surface area contributed by atoms with Gasteiger partial charge in [0.1, 0.15) is 11.3 Å².